The summed E-state index contributed by atoms with van der Waals surface area (Å²) in [5.41, 5.74) is 2.28. The third-order valence-electron chi connectivity index (χ3n) is 2.97. The normalized spacial score (nSPS) is 16.4. The Hall–Kier alpha value is -0.750. The number of nitrogens with two attached hydrogens (primary N) is 1. The van der Waals surface area contributed by atoms with Gasteiger partial charge in [0.1, 0.15) is 0 Å². The van der Waals surface area contributed by atoms with Crippen molar-refractivity contribution in [2.75, 3.05) is 18.6 Å². The van der Waals surface area contributed by atoms with Crippen molar-refractivity contribution in [1.82, 2.24) is 5.43 Å². The number of ether oxygens (including phenoxy) is 1. The average Bonchev–Trinajstić information content (AvgIpc) is 3.08. The van der Waals surface area contributed by atoms with Crippen LogP contribution in [0.15, 0.2) is 0 Å². The van der Waals surface area contributed by atoms with E-state index in [1.165, 1.54) is 7.11 Å². The van der Waals surface area contributed by atoms with E-state index in [2.05, 4.69) is 10.2 Å². The SMILES string of the molecule is COC(=O)CC1(CSCCCC(=O)NN)CC1. The van der Waals surface area contributed by atoms with E-state index in [0.717, 1.165) is 30.8 Å². The number of esters is 1. The maximum atomic E-state index is 11.2. The van der Waals surface area contributed by atoms with Crippen LogP contribution in [0.2, 0.25) is 0 Å². The van der Waals surface area contributed by atoms with E-state index in [9.17, 15) is 9.59 Å². The summed E-state index contributed by atoms with van der Waals surface area (Å²) < 4.78 is 4.68. The van der Waals surface area contributed by atoms with E-state index in [-0.39, 0.29) is 17.3 Å². The summed E-state index contributed by atoms with van der Waals surface area (Å²) in [4.78, 5) is 22.0. The molecule has 6 heteroatoms. The van der Waals surface area contributed by atoms with Crippen molar-refractivity contribution < 1.29 is 14.3 Å². The van der Waals surface area contributed by atoms with Crippen LogP contribution in [0.4, 0.5) is 0 Å². The van der Waals surface area contributed by atoms with E-state index in [4.69, 9.17) is 5.84 Å². The molecule has 17 heavy (non-hydrogen) atoms. The number of methoxy groups -OCH3 is 1. The molecule has 0 aromatic carbocycles. The summed E-state index contributed by atoms with van der Waals surface area (Å²) in [7, 11) is 1.43. The number of carbonyl (C=O) groups excluding carboxylic acids is 2. The fraction of sp³-hybridized carbons (Fsp3) is 0.818. The molecular weight excluding hydrogens is 240 g/mol. The summed E-state index contributed by atoms with van der Waals surface area (Å²) in [6.07, 6.45) is 4.03. The highest BCUT2D eigenvalue weighted by molar-refractivity contribution is 7.99. The van der Waals surface area contributed by atoms with Crippen LogP contribution < -0.4 is 11.3 Å². The lowest BCUT2D eigenvalue weighted by molar-refractivity contribution is -0.141. The molecule has 1 aliphatic rings. The van der Waals surface area contributed by atoms with Gasteiger partial charge >= 0.3 is 5.97 Å². The minimum atomic E-state index is -0.124. The van der Waals surface area contributed by atoms with Crippen molar-refractivity contribution in [3.8, 4) is 0 Å². The molecule has 0 radical (unpaired) electrons. The van der Waals surface area contributed by atoms with Crippen molar-refractivity contribution in [2.45, 2.75) is 32.1 Å². The van der Waals surface area contributed by atoms with Crippen molar-refractivity contribution in [3.63, 3.8) is 0 Å². The lowest BCUT2D eigenvalue weighted by atomic mass is 10.1. The summed E-state index contributed by atoms with van der Waals surface area (Å²) in [6, 6.07) is 0. The van der Waals surface area contributed by atoms with Gasteiger partial charge in [-0.25, -0.2) is 5.84 Å². The van der Waals surface area contributed by atoms with Crippen molar-refractivity contribution in [1.29, 1.82) is 0 Å². The number of nitrogens with one attached hydrogen (secondary N) is 1. The van der Waals surface area contributed by atoms with Crippen LogP contribution in [0.3, 0.4) is 0 Å². The number of thioether (sulfide) groups is 1. The number of hydrazine groups is 1. The quantitative estimate of drug-likeness (QED) is 0.222. The zero-order valence-electron chi connectivity index (χ0n) is 10.2. The van der Waals surface area contributed by atoms with Gasteiger partial charge < -0.3 is 4.74 Å². The van der Waals surface area contributed by atoms with E-state index in [0.29, 0.717) is 12.8 Å². The van der Waals surface area contributed by atoms with Gasteiger partial charge in [0.15, 0.2) is 0 Å². The zero-order valence-corrected chi connectivity index (χ0v) is 11.0. The minimum absolute atomic E-state index is 0.120. The summed E-state index contributed by atoms with van der Waals surface area (Å²) in [6.45, 7) is 0. The van der Waals surface area contributed by atoms with Gasteiger partial charge in [-0.1, -0.05) is 0 Å². The highest BCUT2D eigenvalue weighted by Gasteiger charge is 2.44. The molecule has 0 bridgehead atoms. The Morgan fingerprint density at radius 3 is 2.71 bits per heavy atom. The molecule has 0 saturated heterocycles. The number of rotatable bonds is 8. The number of hydrogen-bond donors (Lipinski definition) is 2. The predicted octanol–water partition coefficient (Wildman–Crippen LogP) is 0.833. The van der Waals surface area contributed by atoms with Crippen molar-refractivity contribution in [3.05, 3.63) is 0 Å². The summed E-state index contributed by atoms with van der Waals surface area (Å²) in [5.74, 6) is 6.64. The first-order valence-corrected chi connectivity index (χ1v) is 6.91. The molecule has 0 heterocycles. The van der Waals surface area contributed by atoms with Crippen LogP contribution >= 0.6 is 11.8 Å². The third-order valence-corrected chi connectivity index (χ3v) is 4.36. The molecule has 1 amide bonds. The second-order valence-corrected chi connectivity index (χ2v) is 5.58. The van der Waals surface area contributed by atoms with Crippen molar-refractivity contribution in [2.24, 2.45) is 11.3 Å². The number of amides is 1. The second kappa shape index (κ2) is 6.86. The molecule has 98 valence electrons. The molecule has 1 fully saturated rings. The standard InChI is InChI=1S/C11H20N2O3S/c1-16-10(15)7-11(4-5-11)8-17-6-2-3-9(14)13-12/h2-8,12H2,1H3,(H,13,14). The van der Waals surface area contributed by atoms with Gasteiger partial charge in [-0.3, -0.25) is 15.0 Å². The molecule has 0 aromatic rings. The average molecular weight is 260 g/mol. The van der Waals surface area contributed by atoms with Gasteiger partial charge in [0.05, 0.1) is 13.5 Å². The van der Waals surface area contributed by atoms with E-state index in [1.54, 1.807) is 11.8 Å². The molecule has 1 aliphatic carbocycles. The summed E-state index contributed by atoms with van der Waals surface area (Å²) in [5, 5.41) is 0. The fourth-order valence-electron chi connectivity index (χ4n) is 1.62. The van der Waals surface area contributed by atoms with Gasteiger partial charge in [0.2, 0.25) is 5.91 Å². The second-order valence-electron chi connectivity index (χ2n) is 4.48. The molecule has 0 aromatic heterocycles. The van der Waals surface area contributed by atoms with E-state index >= 15 is 0 Å². The molecule has 1 saturated carbocycles. The highest BCUT2D eigenvalue weighted by atomic mass is 32.2. The topological polar surface area (TPSA) is 81.4 Å². The van der Waals surface area contributed by atoms with E-state index in [1.807, 2.05) is 0 Å². The minimum Gasteiger partial charge on any atom is -0.469 e. The van der Waals surface area contributed by atoms with Gasteiger partial charge in [0, 0.05) is 6.42 Å². The first-order chi connectivity index (χ1) is 8.12. The van der Waals surface area contributed by atoms with Crippen LogP contribution in [-0.2, 0) is 14.3 Å². The lowest BCUT2D eigenvalue weighted by Gasteiger charge is -2.12. The third kappa shape index (κ3) is 5.41. The maximum absolute atomic E-state index is 11.2. The predicted molar refractivity (Wildman–Crippen MR) is 67.2 cm³/mol. The highest BCUT2D eigenvalue weighted by Crippen LogP contribution is 2.51. The molecule has 5 nitrogen and oxygen atoms in total. The van der Waals surface area contributed by atoms with Crippen LogP contribution in [-0.4, -0.2) is 30.5 Å². The molecule has 0 unspecified atom stereocenters. The van der Waals surface area contributed by atoms with Gasteiger partial charge in [-0.05, 0) is 36.2 Å². The van der Waals surface area contributed by atoms with Gasteiger partial charge in [-0.2, -0.15) is 11.8 Å². The Balaban J connectivity index is 2.06. The lowest BCUT2D eigenvalue weighted by Crippen LogP contribution is -2.29. The molecule has 0 atom stereocenters. The summed E-state index contributed by atoms with van der Waals surface area (Å²) >= 11 is 1.80. The zero-order chi connectivity index (χ0) is 12.7. The number of carbonyl (C=O) groups is 2. The van der Waals surface area contributed by atoms with Crippen LogP contribution in [0.1, 0.15) is 32.1 Å². The maximum Gasteiger partial charge on any atom is 0.306 e. The largest absolute Gasteiger partial charge is 0.469 e. The van der Waals surface area contributed by atoms with Crippen molar-refractivity contribution >= 4 is 23.6 Å². The molecular formula is C11H20N2O3S. The Kier molecular flexibility index (Phi) is 5.77. The fourth-order valence-corrected chi connectivity index (χ4v) is 2.94. The smallest absolute Gasteiger partial charge is 0.306 e. The molecule has 0 aliphatic heterocycles. The Bertz CT molecular complexity index is 280. The Labute approximate surface area is 106 Å². The van der Waals surface area contributed by atoms with Crippen LogP contribution in [0.5, 0.6) is 0 Å². The van der Waals surface area contributed by atoms with Gasteiger partial charge in [-0.15, -0.1) is 0 Å². The molecule has 1 rings (SSSR count). The Morgan fingerprint density at radius 1 is 1.47 bits per heavy atom. The Morgan fingerprint density at radius 2 is 2.18 bits per heavy atom. The van der Waals surface area contributed by atoms with Crippen LogP contribution in [0, 0.1) is 5.41 Å². The first-order valence-electron chi connectivity index (χ1n) is 5.76. The first kappa shape index (κ1) is 14.3. The monoisotopic (exact) mass is 260 g/mol. The number of hydrogen-bond acceptors (Lipinski definition) is 5. The van der Waals surface area contributed by atoms with Gasteiger partial charge in [0.25, 0.3) is 0 Å². The van der Waals surface area contributed by atoms with E-state index < -0.39 is 0 Å². The molecule has 0 spiro atoms. The molecule has 3 N–H and O–H groups in total. The van der Waals surface area contributed by atoms with Crippen LogP contribution in [0.25, 0.3) is 0 Å².